The van der Waals surface area contributed by atoms with E-state index in [9.17, 15) is 0 Å². The van der Waals surface area contributed by atoms with Crippen LogP contribution in [0.5, 0.6) is 5.75 Å². The summed E-state index contributed by atoms with van der Waals surface area (Å²) in [4.78, 5) is 0. The lowest BCUT2D eigenvalue weighted by atomic mass is 10.00. The van der Waals surface area contributed by atoms with Gasteiger partial charge in [0.15, 0.2) is 0 Å². The molecule has 1 atom stereocenters. The molecule has 4 nitrogen and oxygen atoms in total. The molecule has 0 saturated carbocycles. The van der Waals surface area contributed by atoms with Crippen molar-refractivity contribution >= 4 is 11.6 Å². The molecule has 1 aromatic carbocycles. The Morgan fingerprint density at radius 3 is 2.62 bits per heavy atom. The van der Waals surface area contributed by atoms with Gasteiger partial charge in [0, 0.05) is 11.6 Å². The van der Waals surface area contributed by atoms with Gasteiger partial charge in [0.1, 0.15) is 5.75 Å². The number of nitrogens with zero attached hydrogens (tertiary/aromatic N) is 2. The molecule has 1 unspecified atom stereocenters. The first-order chi connectivity index (χ1) is 9.99. The number of ether oxygens (including phenoxy) is 1. The van der Waals surface area contributed by atoms with E-state index in [1.54, 1.807) is 13.3 Å². The largest absolute Gasteiger partial charge is 0.496 e. The number of nitrogens with one attached hydrogen (secondary N) is 1. The number of methoxy groups -OCH3 is 1. The van der Waals surface area contributed by atoms with Crippen molar-refractivity contribution in [2.45, 2.75) is 32.9 Å². The van der Waals surface area contributed by atoms with Gasteiger partial charge in [-0.2, -0.15) is 5.10 Å². The van der Waals surface area contributed by atoms with Crippen molar-refractivity contribution in [3.63, 3.8) is 0 Å². The maximum Gasteiger partial charge on any atom is 0.124 e. The number of aryl methyl sites for hydroxylation is 1. The van der Waals surface area contributed by atoms with Gasteiger partial charge in [0.25, 0.3) is 0 Å². The maximum absolute atomic E-state index is 6.38. The summed E-state index contributed by atoms with van der Waals surface area (Å²) in [7, 11) is 3.60. The first kappa shape index (κ1) is 15.9. The van der Waals surface area contributed by atoms with Gasteiger partial charge in [-0.15, -0.1) is 0 Å². The third-order valence-electron chi connectivity index (χ3n) is 3.53. The van der Waals surface area contributed by atoms with E-state index in [2.05, 4.69) is 37.3 Å². The lowest BCUT2D eigenvalue weighted by molar-refractivity contribution is 0.401. The van der Waals surface area contributed by atoms with Gasteiger partial charge in [-0.1, -0.05) is 29.3 Å². The van der Waals surface area contributed by atoms with Crippen LogP contribution in [0.15, 0.2) is 24.4 Å². The summed E-state index contributed by atoms with van der Waals surface area (Å²) in [5, 5.41) is 8.38. The highest BCUT2D eigenvalue weighted by molar-refractivity contribution is 6.31. The SMILES string of the molecule is CNC(c1cc(C)ccc1OC)c1c(Cl)cnn1C(C)C. The molecule has 0 saturated heterocycles. The Morgan fingerprint density at radius 2 is 2.05 bits per heavy atom. The predicted molar refractivity (Wildman–Crippen MR) is 86.3 cm³/mol. The van der Waals surface area contributed by atoms with Crippen LogP contribution in [0.4, 0.5) is 0 Å². The minimum absolute atomic E-state index is 0.0720. The number of benzene rings is 1. The average molecular weight is 308 g/mol. The van der Waals surface area contributed by atoms with E-state index in [1.807, 2.05) is 23.9 Å². The first-order valence-electron chi connectivity index (χ1n) is 7.04. The van der Waals surface area contributed by atoms with Crippen molar-refractivity contribution in [1.29, 1.82) is 0 Å². The molecule has 0 spiro atoms. The van der Waals surface area contributed by atoms with E-state index in [0.29, 0.717) is 5.02 Å². The zero-order chi connectivity index (χ0) is 15.6. The van der Waals surface area contributed by atoms with Crippen LogP contribution in [0.25, 0.3) is 0 Å². The Balaban J connectivity index is 2.60. The molecule has 2 aromatic rings. The molecule has 2 rings (SSSR count). The summed E-state index contributed by atoms with van der Waals surface area (Å²) in [6.45, 7) is 6.25. The van der Waals surface area contributed by atoms with Crippen LogP contribution in [0.1, 0.15) is 42.8 Å². The zero-order valence-electron chi connectivity index (χ0n) is 13.1. The summed E-state index contributed by atoms with van der Waals surface area (Å²) in [5.41, 5.74) is 3.19. The summed E-state index contributed by atoms with van der Waals surface area (Å²) in [5.74, 6) is 0.840. The lowest BCUT2D eigenvalue weighted by Gasteiger charge is -2.23. The molecule has 0 amide bonds. The Hall–Kier alpha value is -1.52. The van der Waals surface area contributed by atoms with Crippen molar-refractivity contribution in [3.05, 3.63) is 46.2 Å². The lowest BCUT2D eigenvalue weighted by Crippen LogP contribution is -2.23. The standard InChI is InChI=1S/C16H22ClN3O/c1-10(2)20-16(13(17)9-19-20)15(18-4)12-8-11(3)6-7-14(12)21-5/h6-10,15,18H,1-5H3. The smallest absolute Gasteiger partial charge is 0.124 e. The molecule has 1 aromatic heterocycles. The van der Waals surface area contributed by atoms with E-state index >= 15 is 0 Å². The van der Waals surface area contributed by atoms with Crippen molar-refractivity contribution in [2.24, 2.45) is 0 Å². The highest BCUT2D eigenvalue weighted by Crippen LogP contribution is 2.35. The fourth-order valence-electron chi connectivity index (χ4n) is 2.55. The molecule has 114 valence electrons. The number of aromatic nitrogens is 2. The third kappa shape index (κ3) is 3.06. The Bertz CT molecular complexity index is 622. The van der Waals surface area contributed by atoms with Crippen molar-refractivity contribution in [1.82, 2.24) is 15.1 Å². The van der Waals surface area contributed by atoms with Crippen LogP contribution < -0.4 is 10.1 Å². The molecule has 0 bridgehead atoms. The Labute approximate surface area is 131 Å². The highest BCUT2D eigenvalue weighted by Gasteiger charge is 2.24. The van der Waals surface area contributed by atoms with Crippen LogP contribution in [-0.2, 0) is 0 Å². The zero-order valence-corrected chi connectivity index (χ0v) is 13.9. The molecule has 1 heterocycles. The van der Waals surface area contributed by atoms with Crippen LogP contribution in [0, 0.1) is 6.92 Å². The Morgan fingerprint density at radius 1 is 1.33 bits per heavy atom. The molecule has 0 radical (unpaired) electrons. The number of halogens is 1. The van der Waals surface area contributed by atoms with Gasteiger partial charge < -0.3 is 10.1 Å². The van der Waals surface area contributed by atoms with Crippen LogP contribution in [0.3, 0.4) is 0 Å². The van der Waals surface area contributed by atoms with Gasteiger partial charge in [-0.05, 0) is 33.9 Å². The average Bonchev–Trinajstić information content (AvgIpc) is 2.82. The number of hydrogen-bond donors (Lipinski definition) is 1. The van der Waals surface area contributed by atoms with E-state index < -0.39 is 0 Å². The van der Waals surface area contributed by atoms with Gasteiger partial charge in [-0.3, -0.25) is 4.68 Å². The Kier molecular flexibility index (Phi) is 4.91. The van der Waals surface area contributed by atoms with Crippen molar-refractivity contribution in [2.75, 3.05) is 14.2 Å². The fraction of sp³-hybridized carbons (Fsp3) is 0.438. The van der Waals surface area contributed by atoms with E-state index in [1.165, 1.54) is 5.56 Å². The minimum atomic E-state index is -0.0720. The summed E-state index contributed by atoms with van der Waals surface area (Å²) in [6, 6.07) is 6.31. The molecule has 0 aliphatic carbocycles. The third-order valence-corrected chi connectivity index (χ3v) is 3.83. The summed E-state index contributed by atoms with van der Waals surface area (Å²) < 4.78 is 7.46. The molecule has 5 heteroatoms. The quantitative estimate of drug-likeness (QED) is 0.914. The molecule has 21 heavy (non-hydrogen) atoms. The van der Waals surface area contributed by atoms with Gasteiger partial charge >= 0.3 is 0 Å². The second-order valence-corrected chi connectivity index (χ2v) is 5.79. The van der Waals surface area contributed by atoms with E-state index in [-0.39, 0.29) is 12.1 Å². The number of hydrogen-bond acceptors (Lipinski definition) is 3. The van der Waals surface area contributed by atoms with Crippen molar-refractivity contribution in [3.8, 4) is 5.75 Å². The topological polar surface area (TPSA) is 39.1 Å². The fourth-order valence-corrected chi connectivity index (χ4v) is 2.79. The molecular weight excluding hydrogens is 286 g/mol. The monoisotopic (exact) mass is 307 g/mol. The first-order valence-corrected chi connectivity index (χ1v) is 7.42. The van der Waals surface area contributed by atoms with E-state index in [4.69, 9.17) is 16.3 Å². The minimum Gasteiger partial charge on any atom is -0.496 e. The highest BCUT2D eigenvalue weighted by atomic mass is 35.5. The van der Waals surface area contributed by atoms with Crippen LogP contribution in [0.2, 0.25) is 5.02 Å². The maximum atomic E-state index is 6.38. The van der Waals surface area contributed by atoms with Gasteiger partial charge in [-0.25, -0.2) is 0 Å². The van der Waals surface area contributed by atoms with Gasteiger partial charge in [0.2, 0.25) is 0 Å². The summed E-state index contributed by atoms with van der Waals surface area (Å²) >= 11 is 6.38. The predicted octanol–water partition coefficient (Wildman–Crippen LogP) is 3.74. The molecule has 1 N–H and O–H groups in total. The van der Waals surface area contributed by atoms with Crippen LogP contribution in [-0.4, -0.2) is 23.9 Å². The molecular formula is C16H22ClN3O. The van der Waals surface area contributed by atoms with Crippen LogP contribution >= 0.6 is 11.6 Å². The van der Waals surface area contributed by atoms with E-state index in [0.717, 1.165) is 17.0 Å². The second kappa shape index (κ2) is 6.50. The summed E-state index contributed by atoms with van der Waals surface area (Å²) in [6.07, 6.45) is 1.70. The number of rotatable bonds is 5. The normalized spacial score (nSPS) is 12.7. The molecule has 0 aliphatic rings. The second-order valence-electron chi connectivity index (χ2n) is 5.38. The molecule has 0 fully saturated rings. The molecule has 0 aliphatic heterocycles. The van der Waals surface area contributed by atoms with Crippen molar-refractivity contribution < 1.29 is 4.74 Å². The van der Waals surface area contributed by atoms with Gasteiger partial charge in [0.05, 0.1) is 30.1 Å².